The van der Waals surface area contributed by atoms with Gasteiger partial charge in [-0.05, 0) is 45.2 Å². The van der Waals surface area contributed by atoms with Crippen molar-refractivity contribution in [1.82, 2.24) is 10.6 Å². The lowest BCUT2D eigenvalue weighted by atomic mass is 9.93. The van der Waals surface area contributed by atoms with E-state index in [1.54, 1.807) is 0 Å². The van der Waals surface area contributed by atoms with E-state index in [1.165, 1.54) is 51.6 Å². The fraction of sp³-hybridized carbons (Fsp3) is 1.00. The molecule has 0 aromatic rings. The van der Waals surface area contributed by atoms with Gasteiger partial charge < -0.3 is 10.6 Å². The van der Waals surface area contributed by atoms with Crippen molar-refractivity contribution in [3.05, 3.63) is 0 Å². The number of hydrogen-bond acceptors (Lipinski definition) is 2. The predicted octanol–water partition coefficient (Wildman–Crippen LogP) is 1.27. The topological polar surface area (TPSA) is 24.1 Å². The van der Waals surface area contributed by atoms with E-state index in [0.29, 0.717) is 0 Å². The van der Waals surface area contributed by atoms with Gasteiger partial charge in [0.15, 0.2) is 0 Å². The first-order chi connectivity index (χ1) is 5.95. The maximum atomic E-state index is 3.61. The van der Waals surface area contributed by atoms with E-state index in [2.05, 4.69) is 10.6 Å². The zero-order valence-corrected chi connectivity index (χ0v) is 7.81. The Morgan fingerprint density at radius 1 is 1.17 bits per heavy atom. The van der Waals surface area contributed by atoms with Crippen LogP contribution in [0.25, 0.3) is 0 Å². The van der Waals surface area contributed by atoms with Gasteiger partial charge in [-0.3, -0.25) is 0 Å². The monoisotopic (exact) mass is 168 g/mol. The molecule has 0 radical (unpaired) electrons. The van der Waals surface area contributed by atoms with Gasteiger partial charge in [0.25, 0.3) is 0 Å². The van der Waals surface area contributed by atoms with Crippen LogP contribution in [-0.2, 0) is 0 Å². The molecule has 1 aliphatic carbocycles. The second kappa shape index (κ2) is 4.24. The Kier molecular flexibility index (Phi) is 3.01. The zero-order valence-electron chi connectivity index (χ0n) is 7.81. The molecule has 1 heterocycles. The van der Waals surface area contributed by atoms with Crippen LogP contribution >= 0.6 is 0 Å². The maximum Gasteiger partial charge on any atom is 0.00796 e. The standard InChI is InChI=1S/C10H20N2/c1-3-9(4-1)12-8-6-10-5-2-7-11-10/h9-12H,1-8H2. The van der Waals surface area contributed by atoms with Crippen LogP contribution in [0.5, 0.6) is 0 Å². The van der Waals surface area contributed by atoms with E-state index in [1.807, 2.05) is 0 Å². The van der Waals surface area contributed by atoms with Crippen molar-refractivity contribution in [3.63, 3.8) is 0 Å². The van der Waals surface area contributed by atoms with Crippen LogP contribution in [0.2, 0.25) is 0 Å². The quantitative estimate of drug-likeness (QED) is 0.660. The van der Waals surface area contributed by atoms with Gasteiger partial charge in [0.1, 0.15) is 0 Å². The minimum absolute atomic E-state index is 0.817. The summed E-state index contributed by atoms with van der Waals surface area (Å²) in [5, 5.41) is 7.13. The van der Waals surface area contributed by atoms with Crippen molar-refractivity contribution in [3.8, 4) is 0 Å². The van der Waals surface area contributed by atoms with E-state index in [4.69, 9.17) is 0 Å². The molecule has 1 atom stereocenters. The van der Waals surface area contributed by atoms with Crippen LogP contribution in [-0.4, -0.2) is 25.2 Å². The van der Waals surface area contributed by atoms with Crippen molar-refractivity contribution in [1.29, 1.82) is 0 Å². The molecule has 12 heavy (non-hydrogen) atoms. The molecule has 2 rings (SSSR count). The first-order valence-electron chi connectivity index (χ1n) is 5.42. The molecule has 0 amide bonds. The molecule has 2 heteroatoms. The summed E-state index contributed by atoms with van der Waals surface area (Å²) in [5.41, 5.74) is 0. The number of hydrogen-bond donors (Lipinski definition) is 2. The minimum Gasteiger partial charge on any atom is -0.314 e. The van der Waals surface area contributed by atoms with E-state index in [9.17, 15) is 0 Å². The summed E-state index contributed by atoms with van der Waals surface area (Å²) in [5.74, 6) is 0. The average Bonchev–Trinajstić information content (AvgIpc) is 2.46. The molecule has 2 fully saturated rings. The van der Waals surface area contributed by atoms with Gasteiger partial charge in [-0.2, -0.15) is 0 Å². The number of nitrogens with one attached hydrogen (secondary N) is 2. The van der Waals surface area contributed by atoms with Crippen molar-refractivity contribution in [2.45, 2.75) is 50.6 Å². The summed E-state index contributed by atoms with van der Waals surface area (Å²) in [6, 6.07) is 1.68. The average molecular weight is 168 g/mol. The van der Waals surface area contributed by atoms with Crippen LogP contribution in [0.15, 0.2) is 0 Å². The molecule has 0 aromatic heterocycles. The Balaban J connectivity index is 1.49. The van der Waals surface area contributed by atoms with Crippen LogP contribution < -0.4 is 10.6 Å². The summed E-state index contributed by atoms with van der Waals surface area (Å²) in [6.45, 7) is 2.47. The molecular formula is C10H20N2. The van der Waals surface area contributed by atoms with Crippen molar-refractivity contribution >= 4 is 0 Å². The Morgan fingerprint density at radius 3 is 2.67 bits per heavy atom. The maximum absolute atomic E-state index is 3.61. The third-order valence-corrected chi connectivity index (χ3v) is 3.19. The SMILES string of the molecule is C1CC(NCCC2CCCN2)C1. The summed E-state index contributed by atoms with van der Waals surface area (Å²) in [7, 11) is 0. The van der Waals surface area contributed by atoms with E-state index < -0.39 is 0 Å². The molecule has 0 aromatic carbocycles. The van der Waals surface area contributed by atoms with Crippen LogP contribution in [0.1, 0.15) is 38.5 Å². The second-order valence-corrected chi connectivity index (χ2v) is 4.16. The molecule has 2 aliphatic rings. The highest BCUT2D eigenvalue weighted by Crippen LogP contribution is 2.18. The lowest BCUT2D eigenvalue weighted by Crippen LogP contribution is -2.37. The molecule has 1 aliphatic heterocycles. The summed E-state index contributed by atoms with van der Waals surface area (Å²) >= 11 is 0. The second-order valence-electron chi connectivity index (χ2n) is 4.16. The van der Waals surface area contributed by atoms with Crippen molar-refractivity contribution in [2.24, 2.45) is 0 Å². The van der Waals surface area contributed by atoms with E-state index in [-0.39, 0.29) is 0 Å². The molecule has 0 bridgehead atoms. The largest absolute Gasteiger partial charge is 0.314 e. The van der Waals surface area contributed by atoms with Gasteiger partial charge >= 0.3 is 0 Å². The van der Waals surface area contributed by atoms with Crippen molar-refractivity contribution in [2.75, 3.05) is 13.1 Å². The predicted molar refractivity (Wildman–Crippen MR) is 51.3 cm³/mol. The third kappa shape index (κ3) is 2.20. The van der Waals surface area contributed by atoms with Crippen molar-refractivity contribution < 1.29 is 0 Å². The highest BCUT2D eigenvalue weighted by atomic mass is 15.0. The van der Waals surface area contributed by atoms with Gasteiger partial charge in [-0.25, -0.2) is 0 Å². The lowest BCUT2D eigenvalue weighted by Gasteiger charge is -2.27. The van der Waals surface area contributed by atoms with E-state index >= 15 is 0 Å². The van der Waals surface area contributed by atoms with Gasteiger partial charge in [-0.15, -0.1) is 0 Å². The van der Waals surface area contributed by atoms with Gasteiger partial charge in [-0.1, -0.05) is 6.42 Å². The summed E-state index contributed by atoms with van der Waals surface area (Å²) in [4.78, 5) is 0. The first kappa shape index (κ1) is 8.52. The molecule has 2 N–H and O–H groups in total. The molecular weight excluding hydrogens is 148 g/mol. The highest BCUT2D eigenvalue weighted by molar-refractivity contribution is 4.79. The molecule has 0 spiro atoms. The zero-order chi connectivity index (χ0) is 8.23. The molecule has 1 saturated heterocycles. The summed E-state index contributed by atoms with van der Waals surface area (Å²) < 4.78 is 0. The fourth-order valence-corrected chi connectivity index (χ4v) is 2.08. The highest BCUT2D eigenvalue weighted by Gasteiger charge is 2.17. The lowest BCUT2D eigenvalue weighted by molar-refractivity contribution is 0.332. The first-order valence-corrected chi connectivity index (χ1v) is 5.42. The molecule has 70 valence electrons. The molecule has 1 unspecified atom stereocenters. The molecule has 1 saturated carbocycles. The van der Waals surface area contributed by atoms with Crippen LogP contribution in [0.3, 0.4) is 0 Å². The van der Waals surface area contributed by atoms with Gasteiger partial charge in [0, 0.05) is 12.1 Å². The summed E-state index contributed by atoms with van der Waals surface area (Å²) in [6.07, 6.45) is 8.38. The van der Waals surface area contributed by atoms with Gasteiger partial charge in [0.2, 0.25) is 0 Å². The third-order valence-electron chi connectivity index (χ3n) is 3.19. The molecule has 2 nitrogen and oxygen atoms in total. The van der Waals surface area contributed by atoms with Gasteiger partial charge in [0.05, 0.1) is 0 Å². The van der Waals surface area contributed by atoms with Crippen LogP contribution in [0.4, 0.5) is 0 Å². The normalized spacial score (nSPS) is 30.5. The Labute approximate surface area is 75.1 Å². The Morgan fingerprint density at radius 2 is 2.08 bits per heavy atom. The Bertz CT molecular complexity index is 126. The minimum atomic E-state index is 0.817. The van der Waals surface area contributed by atoms with E-state index in [0.717, 1.165) is 12.1 Å². The fourth-order valence-electron chi connectivity index (χ4n) is 2.08. The number of rotatable bonds is 4. The Hall–Kier alpha value is -0.0800. The van der Waals surface area contributed by atoms with Crippen LogP contribution in [0, 0.1) is 0 Å². The smallest absolute Gasteiger partial charge is 0.00796 e.